The van der Waals surface area contributed by atoms with Crippen molar-refractivity contribution >= 4 is 40.3 Å². The number of esters is 1. The van der Waals surface area contributed by atoms with Gasteiger partial charge in [0.05, 0.1) is 29.0 Å². The number of hydrogen-bond acceptors (Lipinski definition) is 6. The maximum absolute atomic E-state index is 13.5. The molecule has 1 fully saturated rings. The van der Waals surface area contributed by atoms with E-state index in [-0.39, 0.29) is 23.3 Å². The molecule has 0 saturated carbocycles. The molecule has 0 bridgehead atoms. The molecule has 0 radical (unpaired) electrons. The van der Waals surface area contributed by atoms with Crippen molar-refractivity contribution in [3.05, 3.63) is 89.5 Å². The van der Waals surface area contributed by atoms with Crippen LogP contribution >= 0.6 is 11.8 Å². The number of para-hydroxylation sites is 1. The largest absolute Gasteiger partial charge is 0.465 e. The van der Waals surface area contributed by atoms with E-state index < -0.39 is 23.8 Å². The molecule has 3 aromatic carbocycles. The normalized spacial score (nSPS) is 17.5. The van der Waals surface area contributed by atoms with E-state index in [1.165, 1.54) is 31.0 Å². The molecule has 2 aliphatic rings. The van der Waals surface area contributed by atoms with Crippen LogP contribution in [0.3, 0.4) is 0 Å². The van der Waals surface area contributed by atoms with E-state index in [4.69, 9.17) is 4.74 Å². The van der Waals surface area contributed by atoms with E-state index in [1.54, 1.807) is 53.4 Å². The van der Waals surface area contributed by atoms with Crippen LogP contribution < -0.4 is 5.32 Å². The van der Waals surface area contributed by atoms with Crippen LogP contribution in [-0.2, 0) is 15.7 Å². The van der Waals surface area contributed by atoms with Gasteiger partial charge in [0.15, 0.2) is 0 Å². The van der Waals surface area contributed by atoms with Gasteiger partial charge in [0, 0.05) is 30.3 Å². The molecule has 1 unspecified atom stereocenters. The standard InChI is InChI=1S/C31H28F3N3O4S/c1-41-30(40)24-8-4-5-9-25(24)35-27(38)26-18-42-28(36-26)20-14-16-37(17-15-20)29(39)23-7-3-2-6-22(23)19-10-12-21(13-11-19)31(32,33)34/h2-13,20,26H,14-18H2,1H3,(H,35,38). The number of nitrogens with zero attached hydrogens (tertiary/aromatic N) is 2. The third-order valence-electron chi connectivity index (χ3n) is 7.38. The lowest BCUT2D eigenvalue weighted by Crippen LogP contribution is -2.40. The summed E-state index contributed by atoms with van der Waals surface area (Å²) >= 11 is 1.53. The second-order valence-corrected chi connectivity index (χ2v) is 11.0. The number of rotatable bonds is 6. The summed E-state index contributed by atoms with van der Waals surface area (Å²) in [6.07, 6.45) is -3.07. The first-order valence-electron chi connectivity index (χ1n) is 13.4. The molecular formula is C31H28F3N3O4S. The van der Waals surface area contributed by atoms with Crippen LogP contribution in [0.1, 0.15) is 39.1 Å². The van der Waals surface area contributed by atoms with Crippen molar-refractivity contribution in [2.45, 2.75) is 25.1 Å². The highest BCUT2D eigenvalue weighted by atomic mass is 32.2. The number of aliphatic imine (C=N–C) groups is 1. The van der Waals surface area contributed by atoms with Gasteiger partial charge in [-0.25, -0.2) is 4.79 Å². The van der Waals surface area contributed by atoms with E-state index in [1.807, 2.05) is 0 Å². The van der Waals surface area contributed by atoms with Crippen LogP contribution in [0.2, 0.25) is 0 Å². The molecule has 2 aliphatic heterocycles. The summed E-state index contributed by atoms with van der Waals surface area (Å²) in [5, 5.41) is 3.67. The Hall–Kier alpha value is -4.12. The minimum atomic E-state index is -4.43. The number of piperidine rings is 1. The number of likely N-dealkylation sites (tertiary alicyclic amines) is 1. The number of benzene rings is 3. The molecule has 7 nitrogen and oxygen atoms in total. The lowest BCUT2D eigenvalue weighted by atomic mass is 9.94. The molecule has 2 heterocycles. The number of anilines is 1. The van der Waals surface area contributed by atoms with Gasteiger partial charge in [0.2, 0.25) is 5.91 Å². The summed E-state index contributed by atoms with van der Waals surface area (Å²) in [6.45, 7) is 0.988. The van der Waals surface area contributed by atoms with Gasteiger partial charge in [-0.05, 0) is 54.3 Å². The monoisotopic (exact) mass is 595 g/mol. The van der Waals surface area contributed by atoms with E-state index in [0.717, 1.165) is 17.2 Å². The van der Waals surface area contributed by atoms with Gasteiger partial charge < -0.3 is 15.0 Å². The van der Waals surface area contributed by atoms with Gasteiger partial charge in [0.25, 0.3) is 5.91 Å². The molecule has 0 spiro atoms. The van der Waals surface area contributed by atoms with Crippen molar-refractivity contribution in [2.75, 3.05) is 31.3 Å². The summed E-state index contributed by atoms with van der Waals surface area (Å²) in [5.41, 5.74) is 1.45. The molecule has 2 amide bonds. The average molecular weight is 596 g/mol. The molecule has 218 valence electrons. The fourth-order valence-corrected chi connectivity index (χ4v) is 6.33. The van der Waals surface area contributed by atoms with Gasteiger partial charge in [-0.15, -0.1) is 11.8 Å². The summed E-state index contributed by atoms with van der Waals surface area (Å²) in [4.78, 5) is 44.9. The van der Waals surface area contributed by atoms with Crippen LogP contribution in [-0.4, -0.2) is 59.7 Å². The number of nitrogens with one attached hydrogen (secondary N) is 1. The van der Waals surface area contributed by atoms with Crippen molar-refractivity contribution in [1.29, 1.82) is 0 Å². The molecule has 1 saturated heterocycles. The maximum Gasteiger partial charge on any atom is 0.416 e. The molecule has 3 aromatic rings. The second-order valence-electron chi connectivity index (χ2n) is 10.0. The van der Waals surface area contributed by atoms with E-state index in [2.05, 4.69) is 10.3 Å². The number of carbonyl (C=O) groups is 3. The van der Waals surface area contributed by atoms with Crippen LogP contribution in [0, 0.1) is 5.92 Å². The van der Waals surface area contributed by atoms with Gasteiger partial charge in [-0.1, -0.05) is 42.5 Å². The zero-order chi connectivity index (χ0) is 29.9. The third-order valence-corrected chi connectivity index (χ3v) is 8.59. The fraction of sp³-hybridized carbons (Fsp3) is 0.290. The predicted molar refractivity (Wildman–Crippen MR) is 156 cm³/mol. The summed E-state index contributed by atoms with van der Waals surface area (Å²) in [6, 6.07) is 17.8. The van der Waals surface area contributed by atoms with Crippen molar-refractivity contribution in [2.24, 2.45) is 10.9 Å². The molecule has 0 aliphatic carbocycles. The van der Waals surface area contributed by atoms with Crippen LogP contribution in [0.25, 0.3) is 11.1 Å². The van der Waals surface area contributed by atoms with Gasteiger partial charge >= 0.3 is 12.1 Å². The highest BCUT2D eigenvalue weighted by Gasteiger charge is 2.34. The molecule has 42 heavy (non-hydrogen) atoms. The Morgan fingerprint density at radius 2 is 1.57 bits per heavy atom. The minimum absolute atomic E-state index is 0.115. The number of ether oxygens (including phenoxy) is 1. The van der Waals surface area contributed by atoms with Crippen molar-refractivity contribution in [3.63, 3.8) is 0 Å². The Kier molecular flexibility index (Phi) is 8.67. The molecule has 1 atom stereocenters. The molecule has 5 rings (SSSR count). The zero-order valence-corrected chi connectivity index (χ0v) is 23.5. The van der Waals surface area contributed by atoms with Crippen LogP contribution in [0.5, 0.6) is 0 Å². The molecular weight excluding hydrogens is 567 g/mol. The van der Waals surface area contributed by atoms with Crippen molar-refractivity contribution < 1.29 is 32.3 Å². The Morgan fingerprint density at radius 3 is 2.24 bits per heavy atom. The summed E-state index contributed by atoms with van der Waals surface area (Å²) < 4.78 is 43.8. The van der Waals surface area contributed by atoms with Crippen LogP contribution in [0.15, 0.2) is 77.8 Å². The van der Waals surface area contributed by atoms with Gasteiger partial charge in [-0.2, -0.15) is 13.2 Å². The minimum Gasteiger partial charge on any atom is -0.465 e. The van der Waals surface area contributed by atoms with Gasteiger partial charge in [-0.3, -0.25) is 14.6 Å². The van der Waals surface area contributed by atoms with E-state index in [9.17, 15) is 27.6 Å². The van der Waals surface area contributed by atoms with Crippen molar-refractivity contribution in [3.8, 4) is 11.1 Å². The number of thioether (sulfide) groups is 1. The highest BCUT2D eigenvalue weighted by Crippen LogP contribution is 2.34. The first kappa shape index (κ1) is 29.4. The number of methoxy groups -OCH3 is 1. The Balaban J connectivity index is 1.21. The second kappa shape index (κ2) is 12.4. The number of carbonyl (C=O) groups excluding carboxylic acids is 3. The first-order chi connectivity index (χ1) is 20.2. The summed E-state index contributed by atoms with van der Waals surface area (Å²) in [7, 11) is 1.28. The fourth-order valence-electron chi connectivity index (χ4n) is 5.11. The molecule has 11 heteroatoms. The third kappa shape index (κ3) is 6.35. The zero-order valence-electron chi connectivity index (χ0n) is 22.7. The Morgan fingerprint density at radius 1 is 0.929 bits per heavy atom. The number of alkyl halides is 3. The lowest BCUT2D eigenvalue weighted by molar-refractivity contribution is -0.137. The Labute approximate surface area is 245 Å². The number of halogens is 3. The van der Waals surface area contributed by atoms with E-state index in [0.29, 0.717) is 54.1 Å². The average Bonchev–Trinajstić information content (AvgIpc) is 3.51. The number of hydrogen-bond donors (Lipinski definition) is 1. The quantitative estimate of drug-likeness (QED) is 0.345. The van der Waals surface area contributed by atoms with Gasteiger partial charge in [0.1, 0.15) is 6.04 Å². The SMILES string of the molecule is COC(=O)c1ccccc1NC(=O)C1CSC(C2CCN(C(=O)c3ccccc3-c3ccc(C(F)(F)F)cc3)CC2)=N1. The highest BCUT2D eigenvalue weighted by molar-refractivity contribution is 8.14. The predicted octanol–water partition coefficient (Wildman–Crippen LogP) is 6.16. The topological polar surface area (TPSA) is 88.1 Å². The Bertz CT molecular complexity index is 1520. The summed E-state index contributed by atoms with van der Waals surface area (Å²) in [5.74, 6) is -0.419. The first-order valence-corrected chi connectivity index (χ1v) is 14.4. The maximum atomic E-state index is 13.5. The lowest BCUT2D eigenvalue weighted by Gasteiger charge is -2.32. The molecule has 1 N–H and O–H groups in total. The van der Waals surface area contributed by atoms with Crippen LogP contribution in [0.4, 0.5) is 18.9 Å². The smallest absolute Gasteiger partial charge is 0.416 e. The van der Waals surface area contributed by atoms with E-state index >= 15 is 0 Å². The molecule has 0 aromatic heterocycles. The number of amides is 2. The van der Waals surface area contributed by atoms with Crippen molar-refractivity contribution in [1.82, 2.24) is 4.90 Å².